The maximum atomic E-state index is 5.58. The summed E-state index contributed by atoms with van der Waals surface area (Å²) in [6.45, 7) is 3.53. The highest BCUT2D eigenvalue weighted by atomic mass is 16.5. The van der Waals surface area contributed by atoms with E-state index < -0.39 is 0 Å². The van der Waals surface area contributed by atoms with Crippen molar-refractivity contribution in [2.45, 2.75) is 32.4 Å². The van der Waals surface area contributed by atoms with E-state index >= 15 is 0 Å². The van der Waals surface area contributed by atoms with Crippen molar-refractivity contribution in [1.29, 1.82) is 0 Å². The van der Waals surface area contributed by atoms with Crippen molar-refractivity contribution in [1.82, 2.24) is 10.3 Å². The molecule has 3 heteroatoms. The molecule has 1 aromatic carbocycles. The number of pyridine rings is 1. The highest BCUT2D eigenvalue weighted by molar-refractivity contribution is 5.89. The standard InChI is InChI=1S/C15H18N2O/c1-2-18-15-14-6-4-3-5-13(14)11(10-17-15)9-16-12-7-8-12/h3-6,10,12,16H,2,7-9H2,1H3. The number of hydrogen-bond acceptors (Lipinski definition) is 3. The largest absolute Gasteiger partial charge is 0.478 e. The molecule has 18 heavy (non-hydrogen) atoms. The zero-order valence-electron chi connectivity index (χ0n) is 10.6. The Balaban J connectivity index is 1.95. The molecule has 0 atom stereocenters. The molecule has 3 nitrogen and oxygen atoms in total. The van der Waals surface area contributed by atoms with Crippen molar-refractivity contribution in [3.8, 4) is 5.88 Å². The third-order valence-corrected chi connectivity index (χ3v) is 3.28. The molecule has 0 amide bonds. The van der Waals surface area contributed by atoms with E-state index in [0.717, 1.165) is 23.9 Å². The fraction of sp³-hybridized carbons (Fsp3) is 0.400. The van der Waals surface area contributed by atoms with E-state index in [0.29, 0.717) is 6.61 Å². The Kier molecular flexibility index (Phi) is 3.15. The van der Waals surface area contributed by atoms with Crippen LogP contribution in [0.3, 0.4) is 0 Å². The first kappa shape index (κ1) is 11.5. The van der Waals surface area contributed by atoms with Crippen molar-refractivity contribution in [3.63, 3.8) is 0 Å². The van der Waals surface area contributed by atoms with Crippen LogP contribution in [0.5, 0.6) is 5.88 Å². The van der Waals surface area contributed by atoms with Crippen LogP contribution in [0, 0.1) is 0 Å². The average molecular weight is 242 g/mol. The van der Waals surface area contributed by atoms with Gasteiger partial charge in [-0.15, -0.1) is 0 Å². The molecular formula is C15H18N2O. The first-order valence-corrected chi connectivity index (χ1v) is 6.61. The third kappa shape index (κ3) is 2.31. The first-order chi connectivity index (χ1) is 8.88. The molecule has 1 aliphatic rings. The van der Waals surface area contributed by atoms with Crippen molar-refractivity contribution in [2.75, 3.05) is 6.61 Å². The van der Waals surface area contributed by atoms with Gasteiger partial charge in [0.25, 0.3) is 0 Å². The van der Waals surface area contributed by atoms with Crippen LogP contribution >= 0.6 is 0 Å². The molecule has 1 fully saturated rings. The van der Waals surface area contributed by atoms with Crippen LogP contribution in [-0.4, -0.2) is 17.6 Å². The van der Waals surface area contributed by atoms with Gasteiger partial charge in [0.05, 0.1) is 6.61 Å². The highest BCUT2D eigenvalue weighted by Gasteiger charge is 2.20. The Morgan fingerprint density at radius 2 is 2.06 bits per heavy atom. The van der Waals surface area contributed by atoms with Gasteiger partial charge >= 0.3 is 0 Å². The lowest BCUT2D eigenvalue weighted by Gasteiger charge is -2.11. The summed E-state index contributed by atoms with van der Waals surface area (Å²) < 4.78 is 5.58. The SMILES string of the molecule is CCOc1ncc(CNC2CC2)c2ccccc12. The molecular weight excluding hydrogens is 224 g/mol. The van der Waals surface area contributed by atoms with E-state index in [1.807, 2.05) is 19.2 Å². The lowest BCUT2D eigenvalue weighted by atomic mass is 10.1. The van der Waals surface area contributed by atoms with Gasteiger partial charge < -0.3 is 10.1 Å². The van der Waals surface area contributed by atoms with E-state index in [1.165, 1.54) is 23.8 Å². The average Bonchev–Trinajstić information content (AvgIpc) is 3.22. The molecule has 1 aromatic heterocycles. The molecule has 3 rings (SSSR count). The van der Waals surface area contributed by atoms with E-state index in [1.54, 1.807) is 0 Å². The van der Waals surface area contributed by atoms with Gasteiger partial charge in [-0.2, -0.15) is 0 Å². The zero-order valence-corrected chi connectivity index (χ0v) is 10.6. The van der Waals surface area contributed by atoms with E-state index in [9.17, 15) is 0 Å². The molecule has 0 bridgehead atoms. The van der Waals surface area contributed by atoms with Crippen LogP contribution < -0.4 is 10.1 Å². The molecule has 0 radical (unpaired) electrons. The van der Waals surface area contributed by atoms with E-state index in [4.69, 9.17) is 4.74 Å². The number of rotatable bonds is 5. The molecule has 1 heterocycles. The lowest BCUT2D eigenvalue weighted by molar-refractivity contribution is 0.331. The first-order valence-electron chi connectivity index (χ1n) is 6.61. The van der Waals surface area contributed by atoms with Crippen molar-refractivity contribution < 1.29 is 4.74 Å². The summed E-state index contributed by atoms with van der Waals surface area (Å²) in [4.78, 5) is 4.43. The summed E-state index contributed by atoms with van der Waals surface area (Å²) in [6, 6.07) is 9.04. The molecule has 0 spiro atoms. The van der Waals surface area contributed by atoms with Crippen LogP contribution in [0.25, 0.3) is 10.8 Å². The van der Waals surface area contributed by atoms with Crippen LogP contribution in [0.4, 0.5) is 0 Å². The third-order valence-electron chi connectivity index (χ3n) is 3.28. The Bertz CT molecular complexity index is 549. The number of nitrogens with one attached hydrogen (secondary N) is 1. The summed E-state index contributed by atoms with van der Waals surface area (Å²) in [5, 5.41) is 5.88. The predicted octanol–water partition coefficient (Wildman–Crippen LogP) is 2.89. The second-order valence-corrected chi connectivity index (χ2v) is 4.72. The topological polar surface area (TPSA) is 34.1 Å². The van der Waals surface area contributed by atoms with E-state index in [2.05, 4.69) is 28.5 Å². The molecule has 0 saturated heterocycles. The van der Waals surface area contributed by atoms with Crippen LogP contribution in [-0.2, 0) is 6.54 Å². The van der Waals surface area contributed by atoms with Crippen molar-refractivity contribution in [3.05, 3.63) is 36.0 Å². The van der Waals surface area contributed by atoms with Gasteiger partial charge in [0.2, 0.25) is 5.88 Å². The van der Waals surface area contributed by atoms with Gasteiger partial charge in [0.15, 0.2) is 0 Å². The van der Waals surface area contributed by atoms with Gasteiger partial charge in [0, 0.05) is 24.2 Å². The minimum Gasteiger partial charge on any atom is -0.478 e. The Morgan fingerprint density at radius 1 is 1.28 bits per heavy atom. The van der Waals surface area contributed by atoms with Gasteiger partial charge in [-0.3, -0.25) is 0 Å². The zero-order chi connectivity index (χ0) is 12.4. The molecule has 0 aliphatic heterocycles. The number of ether oxygens (including phenoxy) is 1. The normalized spacial score (nSPS) is 14.9. The monoisotopic (exact) mass is 242 g/mol. The summed E-state index contributed by atoms with van der Waals surface area (Å²) in [6.07, 6.45) is 4.55. The maximum Gasteiger partial charge on any atom is 0.221 e. The quantitative estimate of drug-likeness (QED) is 0.875. The van der Waals surface area contributed by atoms with Gasteiger partial charge in [-0.1, -0.05) is 18.2 Å². The number of fused-ring (bicyclic) bond motifs is 1. The number of benzene rings is 1. The summed E-state index contributed by atoms with van der Waals surface area (Å²) in [5.74, 6) is 0.739. The number of aromatic nitrogens is 1. The van der Waals surface area contributed by atoms with Gasteiger partial charge in [-0.05, 0) is 36.8 Å². The van der Waals surface area contributed by atoms with Crippen molar-refractivity contribution >= 4 is 10.8 Å². The van der Waals surface area contributed by atoms with Gasteiger partial charge in [-0.25, -0.2) is 4.98 Å². The minimum atomic E-state index is 0.649. The second-order valence-electron chi connectivity index (χ2n) is 4.72. The Hall–Kier alpha value is -1.61. The van der Waals surface area contributed by atoms with Crippen LogP contribution in [0.15, 0.2) is 30.5 Å². The number of hydrogen-bond donors (Lipinski definition) is 1. The molecule has 94 valence electrons. The predicted molar refractivity (Wildman–Crippen MR) is 72.8 cm³/mol. The fourth-order valence-corrected chi connectivity index (χ4v) is 2.16. The molecule has 2 aromatic rings. The van der Waals surface area contributed by atoms with Crippen LogP contribution in [0.1, 0.15) is 25.3 Å². The Labute approximate surface area is 107 Å². The van der Waals surface area contributed by atoms with Crippen LogP contribution in [0.2, 0.25) is 0 Å². The Morgan fingerprint density at radius 3 is 2.78 bits per heavy atom. The summed E-state index contributed by atoms with van der Waals surface area (Å²) >= 11 is 0. The summed E-state index contributed by atoms with van der Waals surface area (Å²) in [5.41, 5.74) is 1.25. The highest BCUT2D eigenvalue weighted by Crippen LogP contribution is 2.27. The maximum absolute atomic E-state index is 5.58. The van der Waals surface area contributed by atoms with Gasteiger partial charge in [0.1, 0.15) is 0 Å². The molecule has 1 N–H and O–H groups in total. The summed E-state index contributed by atoms with van der Waals surface area (Å²) in [7, 11) is 0. The van der Waals surface area contributed by atoms with E-state index in [-0.39, 0.29) is 0 Å². The molecule has 1 aliphatic carbocycles. The minimum absolute atomic E-state index is 0.649. The molecule has 0 unspecified atom stereocenters. The second kappa shape index (κ2) is 4.94. The number of nitrogens with zero attached hydrogens (tertiary/aromatic N) is 1. The smallest absolute Gasteiger partial charge is 0.221 e. The lowest BCUT2D eigenvalue weighted by Crippen LogP contribution is -2.15. The van der Waals surface area contributed by atoms with Crippen molar-refractivity contribution in [2.24, 2.45) is 0 Å². The fourth-order valence-electron chi connectivity index (χ4n) is 2.16. The molecule has 1 saturated carbocycles.